The van der Waals surface area contributed by atoms with Crippen molar-refractivity contribution in [1.82, 2.24) is 4.90 Å². The Bertz CT molecular complexity index is 713. The second-order valence-corrected chi connectivity index (χ2v) is 9.39. The highest BCUT2D eigenvalue weighted by Crippen LogP contribution is 2.49. The van der Waals surface area contributed by atoms with Gasteiger partial charge in [0.25, 0.3) is 0 Å². The van der Waals surface area contributed by atoms with Crippen molar-refractivity contribution in [2.45, 2.75) is 49.8 Å². The number of aryl methyl sites for hydroxylation is 1. The SMILES string of the molecule is Cc1ccccc1[C@@H]1C[C@@H]1C(=O)N(C)[C@@H]1CCC[C@@H]1S(C)(=O)=O. The third-order valence-corrected chi connectivity index (χ3v) is 7.16. The van der Waals surface area contributed by atoms with Crippen molar-refractivity contribution in [3.63, 3.8) is 0 Å². The molecule has 5 heteroatoms. The number of hydrogen-bond acceptors (Lipinski definition) is 3. The molecule has 0 bridgehead atoms. The summed E-state index contributed by atoms with van der Waals surface area (Å²) in [4.78, 5) is 14.5. The second kappa shape index (κ2) is 5.93. The van der Waals surface area contributed by atoms with E-state index in [0.29, 0.717) is 12.3 Å². The van der Waals surface area contributed by atoms with Gasteiger partial charge in [0, 0.05) is 25.3 Å². The smallest absolute Gasteiger partial charge is 0.226 e. The molecule has 2 saturated carbocycles. The number of nitrogens with zero attached hydrogens (tertiary/aromatic N) is 1. The van der Waals surface area contributed by atoms with Crippen LogP contribution in [0.25, 0.3) is 0 Å². The van der Waals surface area contributed by atoms with E-state index in [1.54, 1.807) is 11.9 Å². The number of carbonyl (C=O) groups is 1. The summed E-state index contributed by atoms with van der Waals surface area (Å²) in [7, 11) is -1.32. The summed E-state index contributed by atoms with van der Waals surface area (Å²) in [6.07, 6.45) is 4.52. The number of benzene rings is 1. The minimum Gasteiger partial charge on any atom is -0.341 e. The monoisotopic (exact) mass is 335 g/mol. The number of carbonyl (C=O) groups excluding carboxylic acids is 1. The van der Waals surface area contributed by atoms with Gasteiger partial charge in [-0.2, -0.15) is 0 Å². The Hall–Kier alpha value is -1.36. The maximum absolute atomic E-state index is 12.8. The molecular weight excluding hydrogens is 310 g/mol. The van der Waals surface area contributed by atoms with Crippen LogP contribution >= 0.6 is 0 Å². The van der Waals surface area contributed by atoms with Crippen molar-refractivity contribution in [1.29, 1.82) is 0 Å². The van der Waals surface area contributed by atoms with Gasteiger partial charge in [0.2, 0.25) is 5.91 Å². The lowest BCUT2D eigenvalue weighted by atomic mass is 10.0. The van der Waals surface area contributed by atoms with Gasteiger partial charge in [-0.05, 0) is 49.7 Å². The van der Waals surface area contributed by atoms with Gasteiger partial charge in [0.15, 0.2) is 9.84 Å². The third-order valence-electron chi connectivity index (χ3n) is 5.51. The molecule has 0 spiro atoms. The zero-order chi connectivity index (χ0) is 16.8. The molecule has 2 fully saturated rings. The van der Waals surface area contributed by atoms with Crippen LogP contribution in [0.2, 0.25) is 0 Å². The summed E-state index contributed by atoms with van der Waals surface area (Å²) < 4.78 is 23.9. The Morgan fingerprint density at radius 1 is 1.22 bits per heavy atom. The molecule has 1 aromatic rings. The molecule has 3 rings (SSSR count). The molecule has 0 aromatic heterocycles. The molecule has 1 aromatic carbocycles. The van der Waals surface area contributed by atoms with E-state index in [1.165, 1.54) is 17.4 Å². The van der Waals surface area contributed by atoms with Gasteiger partial charge in [0.05, 0.1) is 5.25 Å². The molecule has 1 amide bonds. The van der Waals surface area contributed by atoms with E-state index in [0.717, 1.165) is 19.3 Å². The number of amides is 1. The van der Waals surface area contributed by atoms with E-state index in [1.807, 2.05) is 12.1 Å². The number of rotatable bonds is 4. The van der Waals surface area contributed by atoms with Crippen LogP contribution in [0.1, 0.15) is 42.7 Å². The van der Waals surface area contributed by atoms with Crippen LogP contribution in [0.5, 0.6) is 0 Å². The molecule has 0 N–H and O–H groups in total. The normalized spacial score (nSPS) is 30.2. The van der Waals surface area contributed by atoms with Gasteiger partial charge in [-0.15, -0.1) is 0 Å². The van der Waals surface area contributed by atoms with Gasteiger partial charge in [0.1, 0.15) is 0 Å². The Kier molecular flexibility index (Phi) is 4.25. The van der Waals surface area contributed by atoms with Crippen LogP contribution in [-0.2, 0) is 14.6 Å². The van der Waals surface area contributed by atoms with E-state index in [2.05, 4.69) is 19.1 Å². The van der Waals surface area contributed by atoms with Gasteiger partial charge >= 0.3 is 0 Å². The molecule has 23 heavy (non-hydrogen) atoms. The first-order valence-electron chi connectivity index (χ1n) is 8.31. The lowest BCUT2D eigenvalue weighted by Crippen LogP contribution is -2.45. The lowest BCUT2D eigenvalue weighted by molar-refractivity contribution is -0.133. The average Bonchev–Trinajstić information content (AvgIpc) is 3.11. The molecule has 0 saturated heterocycles. The van der Waals surface area contributed by atoms with E-state index >= 15 is 0 Å². The number of sulfone groups is 1. The van der Waals surface area contributed by atoms with Crippen LogP contribution in [0.3, 0.4) is 0 Å². The highest BCUT2D eigenvalue weighted by molar-refractivity contribution is 7.91. The average molecular weight is 335 g/mol. The van der Waals surface area contributed by atoms with E-state index in [9.17, 15) is 13.2 Å². The van der Waals surface area contributed by atoms with E-state index < -0.39 is 15.1 Å². The lowest BCUT2D eigenvalue weighted by Gasteiger charge is -2.29. The van der Waals surface area contributed by atoms with E-state index in [-0.39, 0.29) is 17.9 Å². The van der Waals surface area contributed by atoms with Crippen molar-refractivity contribution in [3.05, 3.63) is 35.4 Å². The summed E-state index contributed by atoms with van der Waals surface area (Å²) >= 11 is 0. The van der Waals surface area contributed by atoms with Crippen LogP contribution < -0.4 is 0 Å². The standard InChI is InChI=1S/C18H25NO3S/c1-12-7-4-5-8-13(12)14-11-15(14)18(20)19(2)16-9-6-10-17(16)23(3,21)22/h4-5,7-8,14-17H,6,9-11H2,1-3H3/t14-,15-,16+,17-/m0/s1. The predicted molar refractivity (Wildman–Crippen MR) is 91.1 cm³/mol. The molecule has 4 nitrogen and oxygen atoms in total. The van der Waals surface area contributed by atoms with Gasteiger partial charge < -0.3 is 4.90 Å². The van der Waals surface area contributed by atoms with Crippen molar-refractivity contribution < 1.29 is 13.2 Å². The minimum atomic E-state index is -3.10. The molecule has 0 aliphatic heterocycles. The summed E-state index contributed by atoms with van der Waals surface area (Å²) in [5.41, 5.74) is 2.48. The Morgan fingerprint density at radius 3 is 2.57 bits per heavy atom. The minimum absolute atomic E-state index is 0.0157. The van der Waals surface area contributed by atoms with Crippen molar-refractivity contribution >= 4 is 15.7 Å². The third kappa shape index (κ3) is 3.16. The predicted octanol–water partition coefficient (Wildman–Crippen LogP) is 2.52. The Balaban J connectivity index is 1.71. The molecule has 4 atom stereocenters. The van der Waals surface area contributed by atoms with Gasteiger partial charge in [-0.1, -0.05) is 24.3 Å². The first-order valence-corrected chi connectivity index (χ1v) is 10.3. The topological polar surface area (TPSA) is 54.5 Å². The first kappa shape index (κ1) is 16.5. The molecule has 126 valence electrons. The zero-order valence-corrected chi connectivity index (χ0v) is 14.8. The maximum Gasteiger partial charge on any atom is 0.226 e. The molecular formula is C18H25NO3S. The summed E-state index contributed by atoms with van der Waals surface area (Å²) in [6, 6.07) is 8.05. The van der Waals surface area contributed by atoms with Gasteiger partial charge in [-0.3, -0.25) is 4.79 Å². The molecule has 2 aliphatic rings. The fourth-order valence-electron chi connectivity index (χ4n) is 4.09. The maximum atomic E-state index is 12.8. The van der Waals surface area contributed by atoms with Crippen molar-refractivity contribution in [2.75, 3.05) is 13.3 Å². The Labute approximate surface area is 138 Å². The second-order valence-electron chi connectivity index (χ2n) is 7.12. The van der Waals surface area contributed by atoms with Gasteiger partial charge in [-0.25, -0.2) is 8.42 Å². The van der Waals surface area contributed by atoms with E-state index in [4.69, 9.17) is 0 Å². The molecule has 0 heterocycles. The van der Waals surface area contributed by atoms with Crippen LogP contribution in [0.15, 0.2) is 24.3 Å². The Morgan fingerprint density at radius 2 is 1.91 bits per heavy atom. The fraction of sp³-hybridized carbons (Fsp3) is 0.611. The van der Waals surface area contributed by atoms with Crippen LogP contribution in [-0.4, -0.2) is 43.8 Å². The highest BCUT2D eigenvalue weighted by Gasteiger charge is 2.48. The van der Waals surface area contributed by atoms with Crippen molar-refractivity contribution in [2.24, 2.45) is 5.92 Å². The summed E-state index contributed by atoms with van der Waals surface area (Å²) in [5, 5.41) is -0.396. The first-order chi connectivity index (χ1) is 10.8. The van der Waals surface area contributed by atoms with Crippen LogP contribution in [0.4, 0.5) is 0 Å². The quantitative estimate of drug-likeness (QED) is 0.849. The highest BCUT2D eigenvalue weighted by atomic mass is 32.2. The molecule has 0 unspecified atom stereocenters. The zero-order valence-electron chi connectivity index (χ0n) is 14.0. The fourth-order valence-corrected chi connectivity index (χ4v) is 5.57. The molecule has 0 radical (unpaired) electrons. The van der Waals surface area contributed by atoms with Crippen LogP contribution in [0, 0.1) is 12.8 Å². The molecule has 2 aliphatic carbocycles. The largest absolute Gasteiger partial charge is 0.341 e. The summed E-state index contributed by atoms with van der Waals surface area (Å²) in [6.45, 7) is 2.08. The summed E-state index contributed by atoms with van der Waals surface area (Å²) in [5.74, 6) is 0.421. The van der Waals surface area contributed by atoms with Crippen molar-refractivity contribution in [3.8, 4) is 0 Å². The number of hydrogen-bond donors (Lipinski definition) is 0.